The zero-order valence-electron chi connectivity index (χ0n) is 17.5. The average Bonchev–Trinajstić information content (AvgIpc) is 2.82. The number of ether oxygens (including phenoxy) is 2. The minimum atomic E-state index is 0.169. The normalized spacial score (nSPS) is 21.7. The monoisotopic (exact) mass is 420 g/mol. The van der Waals surface area contributed by atoms with Crippen LogP contribution in [0.25, 0.3) is 11.0 Å². The predicted molar refractivity (Wildman–Crippen MR) is 122 cm³/mol. The third-order valence-electron chi connectivity index (χ3n) is 6.01. The summed E-state index contributed by atoms with van der Waals surface area (Å²) < 4.78 is 12.0. The molecule has 0 atom stereocenters. The second-order valence-electron chi connectivity index (χ2n) is 8.18. The molecule has 2 fully saturated rings. The number of aromatic nitrogens is 3. The fraction of sp³-hybridized carbons (Fsp3) is 0.435. The number of morpholine rings is 1. The van der Waals surface area contributed by atoms with E-state index in [0.29, 0.717) is 11.7 Å². The Balaban J connectivity index is 1.27. The van der Waals surface area contributed by atoms with Gasteiger partial charge in [-0.2, -0.15) is 0 Å². The summed E-state index contributed by atoms with van der Waals surface area (Å²) >= 11 is 0. The lowest BCUT2D eigenvalue weighted by molar-refractivity contribution is 0.122. The van der Waals surface area contributed by atoms with Crippen LogP contribution in [-0.4, -0.2) is 53.4 Å². The van der Waals surface area contributed by atoms with E-state index in [1.807, 2.05) is 12.1 Å². The Labute approximate surface area is 181 Å². The molecule has 2 aromatic heterocycles. The van der Waals surface area contributed by atoms with Crippen molar-refractivity contribution in [1.82, 2.24) is 15.0 Å². The topological polar surface area (TPSA) is 98.4 Å². The predicted octanol–water partition coefficient (Wildman–Crippen LogP) is 3.25. The zero-order valence-corrected chi connectivity index (χ0v) is 17.5. The fourth-order valence-electron chi connectivity index (χ4n) is 4.33. The number of pyridine rings is 1. The molecule has 1 aliphatic carbocycles. The van der Waals surface area contributed by atoms with Gasteiger partial charge in [-0.1, -0.05) is 0 Å². The summed E-state index contributed by atoms with van der Waals surface area (Å²) in [4.78, 5) is 15.8. The molecule has 2 aliphatic rings. The van der Waals surface area contributed by atoms with E-state index in [2.05, 4.69) is 37.3 Å². The van der Waals surface area contributed by atoms with Crippen molar-refractivity contribution in [2.75, 3.05) is 42.3 Å². The summed E-state index contributed by atoms with van der Waals surface area (Å²) in [7, 11) is 0. The van der Waals surface area contributed by atoms with Crippen LogP contribution in [0.2, 0.25) is 0 Å². The largest absolute Gasteiger partial charge is 0.488 e. The Morgan fingerprint density at radius 2 is 1.81 bits per heavy atom. The van der Waals surface area contributed by atoms with Crippen LogP contribution in [0.4, 0.5) is 17.2 Å². The van der Waals surface area contributed by atoms with E-state index in [0.717, 1.165) is 80.3 Å². The highest BCUT2D eigenvalue weighted by molar-refractivity contribution is 5.85. The molecule has 3 N–H and O–H groups in total. The maximum atomic E-state index is 6.49. The van der Waals surface area contributed by atoms with E-state index in [4.69, 9.17) is 15.2 Å². The molecule has 8 heteroatoms. The summed E-state index contributed by atoms with van der Waals surface area (Å²) in [5.74, 6) is 1.70. The second-order valence-corrected chi connectivity index (χ2v) is 8.18. The summed E-state index contributed by atoms with van der Waals surface area (Å²) in [5.41, 5.74) is 9.21. The van der Waals surface area contributed by atoms with Crippen molar-refractivity contribution in [2.24, 2.45) is 0 Å². The third kappa shape index (κ3) is 4.64. The Morgan fingerprint density at radius 1 is 1.00 bits per heavy atom. The third-order valence-corrected chi connectivity index (χ3v) is 6.01. The summed E-state index contributed by atoms with van der Waals surface area (Å²) in [6.45, 7) is 3.24. The maximum Gasteiger partial charge on any atom is 0.149 e. The van der Waals surface area contributed by atoms with Crippen molar-refractivity contribution in [2.45, 2.75) is 37.8 Å². The highest BCUT2D eigenvalue weighted by atomic mass is 16.5. The van der Waals surface area contributed by atoms with Crippen LogP contribution in [0.15, 0.2) is 42.9 Å². The van der Waals surface area contributed by atoms with E-state index >= 15 is 0 Å². The standard InChI is InChI=1S/C23H28N6O2/c24-16-1-6-22(27-15-16)28-17-2-4-19(5-3-17)31-21-14-18(29-9-11-30-12-10-29)13-20-23(21)26-8-7-25-20/h1,6-8,13-15,17,19H,2-5,9-12,24H2,(H,27,28). The van der Waals surface area contributed by atoms with E-state index in [9.17, 15) is 0 Å². The number of nitrogen functional groups attached to an aromatic ring is 1. The minimum Gasteiger partial charge on any atom is -0.488 e. The van der Waals surface area contributed by atoms with Gasteiger partial charge in [0.15, 0.2) is 0 Å². The number of fused-ring (bicyclic) bond motifs is 1. The first-order chi connectivity index (χ1) is 15.2. The number of nitrogens with one attached hydrogen (secondary N) is 1. The van der Waals surface area contributed by atoms with Crippen molar-refractivity contribution >= 4 is 28.2 Å². The first-order valence-corrected chi connectivity index (χ1v) is 11.0. The number of hydrogen-bond donors (Lipinski definition) is 2. The first kappa shape index (κ1) is 19.8. The van der Waals surface area contributed by atoms with E-state index in [1.165, 1.54) is 0 Å². The number of hydrogen-bond acceptors (Lipinski definition) is 8. The molecule has 8 nitrogen and oxygen atoms in total. The van der Waals surface area contributed by atoms with Gasteiger partial charge in [0.05, 0.1) is 36.7 Å². The number of nitrogens with two attached hydrogens (primary N) is 1. The highest BCUT2D eigenvalue weighted by Crippen LogP contribution is 2.33. The molecule has 0 spiro atoms. The van der Waals surface area contributed by atoms with E-state index in [1.54, 1.807) is 18.6 Å². The van der Waals surface area contributed by atoms with Gasteiger partial charge in [-0.25, -0.2) is 9.97 Å². The van der Waals surface area contributed by atoms with Gasteiger partial charge in [0.1, 0.15) is 17.1 Å². The summed E-state index contributed by atoms with van der Waals surface area (Å²) in [5, 5.41) is 3.51. The molecule has 0 amide bonds. The van der Waals surface area contributed by atoms with Gasteiger partial charge < -0.3 is 25.4 Å². The maximum absolute atomic E-state index is 6.49. The number of nitrogens with zero attached hydrogens (tertiary/aromatic N) is 4. The highest BCUT2D eigenvalue weighted by Gasteiger charge is 2.24. The molecule has 0 radical (unpaired) electrons. The molecule has 0 unspecified atom stereocenters. The number of rotatable bonds is 5. The van der Waals surface area contributed by atoms with Crippen LogP contribution < -0.4 is 20.7 Å². The molecule has 1 saturated carbocycles. The average molecular weight is 421 g/mol. The van der Waals surface area contributed by atoms with Crippen LogP contribution in [0.1, 0.15) is 25.7 Å². The number of benzene rings is 1. The quantitative estimate of drug-likeness (QED) is 0.649. The van der Waals surface area contributed by atoms with Gasteiger partial charge in [-0.05, 0) is 43.9 Å². The lowest BCUT2D eigenvalue weighted by atomic mass is 9.93. The Hall–Kier alpha value is -3.13. The molecule has 1 aliphatic heterocycles. The van der Waals surface area contributed by atoms with Crippen LogP contribution in [0.3, 0.4) is 0 Å². The van der Waals surface area contributed by atoms with Crippen molar-refractivity contribution in [1.29, 1.82) is 0 Å². The van der Waals surface area contributed by atoms with Gasteiger partial charge in [-0.15, -0.1) is 0 Å². The van der Waals surface area contributed by atoms with Gasteiger partial charge in [0, 0.05) is 43.3 Å². The van der Waals surface area contributed by atoms with Crippen molar-refractivity contribution in [3.63, 3.8) is 0 Å². The SMILES string of the molecule is Nc1ccc(NC2CCC(Oc3cc(N4CCOCC4)cc4nccnc34)CC2)nc1. The van der Waals surface area contributed by atoms with Crippen LogP contribution >= 0.6 is 0 Å². The molecule has 5 rings (SSSR count). The lowest BCUT2D eigenvalue weighted by Crippen LogP contribution is -2.36. The smallest absolute Gasteiger partial charge is 0.149 e. The molecular formula is C23H28N6O2. The summed E-state index contributed by atoms with van der Waals surface area (Å²) in [6, 6.07) is 8.41. The van der Waals surface area contributed by atoms with Crippen molar-refractivity contribution < 1.29 is 9.47 Å². The molecule has 162 valence electrons. The van der Waals surface area contributed by atoms with E-state index in [-0.39, 0.29) is 6.10 Å². The molecule has 1 saturated heterocycles. The summed E-state index contributed by atoms with van der Waals surface area (Å²) in [6.07, 6.45) is 9.34. The molecule has 3 heterocycles. The molecule has 1 aromatic carbocycles. The number of anilines is 3. The first-order valence-electron chi connectivity index (χ1n) is 11.0. The Kier molecular flexibility index (Phi) is 5.71. The van der Waals surface area contributed by atoms with E-state index < -0.39 is 0 Å². The van der Waals surface area contributed by atoms with Crippen molar-refractivity contribution in [3.8, 4) is 5.75 Å². The Morgan fingerprint density at radius 3 is 2.58 bits per heavy atom. The van der Waals surface area contributed by atoms with Crippen LogP contribution in [0.5, 0.6) is 5.75 Å². The van der Waals surface area contributed by atoms with Crippen LogP contribution in [-0.2, 0) is 4.74 Å². The van der Waals surface area contributed by atoms with Gasteiger partial charge in [0.25, 0.3) is 0 Å². The van der Waals surface area contributed by atoms with Crippen molar-refractivity contribution in [3.05, 3.63) is 42.9 Å². The van der Waals surface area contributed by atoms with Gasteiger partial charge >= 0.3 is 0 Å². The van der Waals surface area contributed by atoms with Crippen LogP contribution in [0, 0.1) is 0 Å². The van der Waals surface area contributed by atoms with Gasteiger partial charge in [0.2, 0.25) is 0 Å². The molecule has 3 aromatic rings. The zero-order chi connectivity index (χ0) is 21.0. The lowest BCUT2D eigenvalue weighted by Gasteiger charge is -2.31. The molecule has 31 heavy (non-hydrogen) atoms. The van der Waals surface area contributed by atoms with Gasteiger partial charge in [-0.3, -0.25) is 4.98 Å². The fourth-order valence-corrected chi connectivity index (χ4v) is 4.33. The Bertz CT molecular complexity index is 1010. The molecular weight excluding hydrogens is 392 g/mol. The second kappa shape index (κ2) is 8.93. The molecule has 0 bridgehead atoms. The minimum absolute atomic E-state index is 0.169.